The highest BCUT2D eigenvalue weighted by Gasteiger charge is 2.36. The second-order valence-corrected chi connectivity index (χ2v) is 14.7. The SMILES string of the molecule is C=CC(=O)OCCOCCOCCOCCOCCOCCOCCOCCOCCO[Si](C)(C)C(C)(C)C. The van der Waals surface area contributed by atoms with Crippen molar-refractivity contribution in [3.8, 4) is 0 Å². The minimum atomic E-state index is -1.69. The van der Waals surface area contributed by atoms with E-state index in [2.05, 4.69) is 40.4 Å². The van der Waals surface area contributed by atoms with Crippen LogP contribution in [-0.2, 0) is 51.9 Å². The smallest absolute Gasteiger partial charge is 0.330 e. The third kappa shape index (κ3) is 25.8. The molecule has 0 spiro atoms. The van der Waals surface area contributed by atoms with Crippen LogP contribution in [0.15, 0.2) is 12.7 Å². The largest absolute Gasteiger partial charge is 0.460 e. The molecule has 11 nitrogen and oxygen atoms in total. The Morgan fingerprint density at radius 3 is 1.05 bits per heavy atom. The minimum absolute atomic E-state index is 0.203. The minimum Gasteiger partial charge on any atom is -0.460 e. The predicted molar refractivity (Wildman–Crippen MR) is 151 cm³/mol. The summed E-state index contributed by atoms with van der Waals surface area (Å²) in [5.74, 6) is -0.455. The molecule has 0 radical (unpaired) electrons. The van der Waals surface area contributed by atoms with E-state index < -0.39 is 14.3 Å². The molecule has 0 aromatic rings. The molecule has 0 fully saturated rings. The number of carbonyl (C=O) groups is 1. The highest BCUT2D eigenvalue weighted by Crippen LogP contribution is 2.36. The summed E-state index contributed by atoms with van der Waals surface area (Å²) in [5, 5.41) is 0.216. The van der Waals surface area contributed by atoms with E-state index in [1.165, 1.54) is 0 Å². The molecule has 0 aromatic heterocycles. The molecule has 0 atom stereocenters. The lowest BCUT2D eigenvalue weighted by Crippen LogP contribution is -2.41. The molecule has 0 aromatic carbocycles. The van der Waals surface area contributed by atoms with Gasteiger partial charge in [-0.15, -0.1) is 0 Å². The first-order chi connectivity index (χ1) is 18.7. The van der Waals surface area contributed by atoms with Crippen LogP contribution in [0.3, 0.4) is 0 Å². The van der Waals surface area contributed by atoms with Gasteiger partial charge < -0.3 is 47.1 Å². The molecular formula is C27H54O11Si. The zero-order valence-electron chi connectivity index (χ0n) is 25.0. The van der Waals surface area contributed by atoms with Crippen molar-refractivity contribution in [1.82, 2.24) is 0 Å². The van der Waals surface area contributed by atoms with Crippen LogP contribution >= 0.6 is 0 Å². The fourth-order valence-corrected chi connectivity index (χ4v) is 3.50. The summed E-state index contributed by atoms with van der Waals surface area (Å²) >= 11 is 0. The molecule has 0 N–H and O–H groups in total. The summed E-state index contributed by atoms with van der Waals surface area (Å²) in [6.07, 6.45) is 1.12. The number of esters is 1. The van der Waals surface area contributed by atoms with Crippen LogP contribution in [0, 0.1) is 0 Å². The van der Waals surface area contributed by atoms with E-state index in [4.69, 9.17) is 47.1 Å². The molecule has 0 aliphatic rings. The van der Waals surface area contributed by atoms with Crippen molar-refractivity contribution in [3.05, 3.63) is 12.7 Å². The molecule has 232 valence electrons. The maximum atomic E-state index is 10.8. The van der Waals surface area contributed by atoms with Crippen LogP contribution in [0.2, 0.25) is 18.1 Å². The number of hydrogen-bond donors (Lipinski definition) is 0. The molecule has 0 saturated carbocycles. The molecule has 0 aliphatic heterocycles. The summed E-state index contributed by atoms with van der Waals surface area (Å²) in [4.78, 5) is 10.8. The van der Waals surface area contributed by atoms with Crippen LogP contribution in [-0.4, -0.2) is 133 Å². The Labute approximate surface area is 236 Å². The Kier molecular flexibility index (Phi) is 25.4. The van der Waals surface area contributed by atoms with Crippen LogP contribution < -0.4 is 0 Å². The van der Waals surface area contributed by atoms with Gasteiger partial charge in [0.2, 0.25) is 0 Å². The van der Waals surface area contributed by atoms with E-state index in [0.29, 0.717) is 112 Å². The van der Waals surface area contributed by atoms with Crippen molar-refractivity contribution in [2.75, 3.05) is 119 Å². The first-order valence-corrected chi connectivity index (χ1v) is 16.7. The van der Waals surface area contributed by atoms with Gasteiger partial charge in [0.15, 0.2) is 8.32 Å². The third-order valence-electron chi connectivity index (χ3n) is 5.74. The van der Waals surface area contributed by atoms with E-state index in [9.17, 15) is 4.79 Å². The highest BCUT2D eigenvalue weighted by molar-refractivity contribution is 6.74. The summed E-state index contributed by atoms with van der Waals surface area (Å²) in [6, 6.07) is 0. The molecule has 0 bridgehead atoms. The van der Waals surface area contributed by atoms with Crippen molar-refractivity contribution >= 4 is 14.3 Å². The molecule has 12 heteroatoms. The van der Waals surface area contributed by atoms with Gasteiger partial charge in [-0.05, 0) is 18.1 Å². The van der Waals surface area contributed by atoms with E-state index in [-0.39, 0.29) is 11.6 Å². The van der Waals surface area contributed by atoms with Gasteiger partial charge in [-0.1, -0.05) is 27.4 Å². The van der Waals surface area contributed by atoms with Gasteiger partial charge in [-0.3, -0.25) is 0 Å². The molecule has 0 saturated heterocycles. The van der Waals surface area contributed by atoms with Crippen molar-refractivity contribution in [2.24, 2.45) is 0 Å². The molecule has 0 rings (SSSR count). The Morgan fingerprint density at radius 1 is 0.538 bits per heavy atom. The number of hydrogen-bond acceptors (Lipinski definition) is 11. The number of rotatable bonds is 29. The second kappa shape index (κ2) is 26.0. The van der Waals surface area contributed by atoms with Gasteiger partial charge in [0.1, 0.15) is 6.61 Å². The Hall–Kier alpha value is -0.933. The molecule has 0 heterocycles. The summed E-state index contributed by atoms with van der Waals surface area (Å²) < 4.78 is 54.4. The number of carbonyl (C=O) groups excluding carboxylic acids is 1. The topological polar surface area (TPSA) is 109 Å². The second-order valence-electron chi connectivity index (χ2n) is 9.88. The molecule has 0 unspecified atom stereocenters. The Bertz CT molecular complexity index is 570. The average Bonchev–Trinajstić information content (AvgIpc) is 2.89. The van der Waals surface area contributed by atoms with Crippen LogP contribution in [0.1, 0.15) is 20.8 Å². The fourth-order valence-electron chi connectivity index (χ4n) is 2.47. The van der Waals surface area contributed by atoms with Gasteiger partial charge in [-0.2, -0.15) is 0 Å². The van der Waals surface area contributed by atoms with Gasteiger partial charge in [0, 0.05) is 6.08 Å². The zero-order valence-corrected chi connectivity index (χ0v) is 26.0. The van der Waals surface area contributed by atoms with Crippen LogP contribution in [0.5, 0.6) is 0 Å². The quantitative estimate of drug-likeness (QED) is 0.0562. The molecular weight excluding hydrogens is 528 g/mol. The van der Waals surface area contributed by atoms with Gasteiger partial charge in [0.25, 0.3) is 0 Å². The maximum absolute atomic E-state index is 10.8. The summed E-state index contributed by atoms with van der Waals surface area (Å²) in [5.41, 5.74) is 0. The standard InChI is InChI=1S/C27H54O11Si/c1-7-26(28)37-24-22-35-20-18-33-16-14-31-12-10-29-8-9-30-11-13-32-15-17-34-19-21-36-23-25-38-39(5,6)27(2,3)4/h7H,1,8-25H2,2-6H3. The zero-order chi connectivity index (χ0) is 29.1. The van der Waals surface area contributed by atoms with E-state index >= 15 is 0 Å². The van der Waals surface area contributed by atoms with E-state index in [1.54, 1.807) is 0 Å². The normalized spacial score (nSPS) is 12.1. The van der Waals surface area contributed by atoms with Crippen molar-refractivity contribution in [1.29, 1.82) is 0 Å². The van der Waals surface area contributed by atoms with E-state index in [1.807, 2.05) is 0 Å². The first-order valence-electron chi connectivity index (χ1n) is 13.8. The fraction of sp³-hybridized carbons (Fsp3) is 0.889. The van der Waals surface area contributed by atoms with Gasteiger partial charge in [-0.25, -0.2) is 4.79 Å². The molecule has 0 amide bonds. The average molecular weight is 583 g/mol. The third-order valence-corrected chi connectivity index (χ3v) is 10.3. The van der Waals surface area contributed by atoms with Crippen molar-refractivity contribution in [2.45, 2.75) is 38.9 Å². The first kappa shape index (κ1) is 38.1. The summed E-state index contributed by atoms with van der Waals surface area (Å²) in [7, 11) is -1.69. The van der Waals surface area contributed by atoms with Crippen LogP contribution in [0.4, 0.5) is 0 Å². The monoisotopic (exact) mass is 582 g/mol. The highest BCUT2D eigenvalue weighted by atomic mass is 28.4. The lowest BCUT2D eigenvalue weighted by atomic mass is 10.2. The lowest BCUT2D eigenvalue weighted by molar-refractivity contribution is -0.139. The predicted octanol–water partition coefficient (Wildman–Crippen LogP) is 2.87. The van der Waals surface area contributed by atoms with Gasteiger partial charge in [0.05, 0.1) is 112 Å². The maximum Gasteiger partial charge on any atom is 0.330 e. The Morgan fingerprint density at radius 2 is 0.795 bits per heavy atom. The lowest BCUT2D eigenvalue weighted by Gasteiger charge is -2.36. The van der Waals surface area contributed by atoms with Gasteiger partial charge >= 0.3 is 5.97 Å². The van der Waals surface area contributed by atoms with Crippen molar-refractivity contribution < 1.29 is 51.9 Å². The molecule has 39 heavy (non-hydrogen) atoms. The Balaban J connectivity index is 3.15. The van der Waals surface area contributed by atoms with Crippen molar-refractivity contribution in [3.63, 3.8) is 0 Å². The number of ether oxygens (including phenoxy) is 9. The van der Waals surface area contributed by atoms with E-state index in [0.717, 1.165) is 6.08 Å². The summed E-state index contributed by atoms with van der Waals surface area (Å²) in [6.45, 7) is 23.3. The van der Waals surface area contributed by atoms with Crippen LogP contribution in [0.25, 0.3) is 0 Å². The molecule has 0 aliphatic carbocycles.